The standard InChI is InChI=1S/C26H31N5O2/c1-16(2)9-10-33-25-12-22-23(13-24(25)32-5)30-18(4)31-26(22)29-17(3)19-7-6-8-20(11-19)21-14-27-28-15-21/h6-8,11-17H,9-10H2,1-5H3,(H,27,28)(H,29,30,31)/t17-/m1/s1. The minimum atomic E-state index is 0.0294. The van der Waals surface area contributed by atoms with Crippen molar-refractivity contribution < 1.29 is 9.47 Å². The van der Waals surface area contributed by atoms with Gasteiger partial charge in [0.2, 0.25) is 0 Å². The summed E-state index contributed by atoms with van der Waals surface area (Å²) in [6.45, 7) is 9.02. The van der Waals surface area contributed by atoms with Crippen molar-refractivity contribution in [2.45, 2.75) is 40.2 Å². The van der Waals surface area contributed by atoms with Gasteiger partial charge in [-0.1, -0.05) is 32.0 Å². The van der Waals surface area contributed by atoms with Crippen molar-refractivity contribution in [2.24, 2.45) is 5.92 Å². The van der Waals surface area contributed by atoms with Crippen molar-refractivity contribution >= 4 is 16.7 Å². The topological polar surface area (TPSA) is 85.0 Å². The normalized spacial score (nSPS) is 12.2. The molecule has 33 heavy (non-hydrogen) atoms. The van der Waals surface area contributed by atoms with Crippen LogP contribution in [-0.4, -0.2) is 33.9 Å². The highest BCUT2D eigenvalue weighted by Gasteiger charge is 2.16. The molecule has 0 fully saturated rings. The number of methoxy groups -OCH3 is 1. The van der Waals surface area contributed by atoms with Crippen LogP contribution in [0.2, 0.25) is 0 Å². The monoisotopic (exact) mass is 445 g/mol. The summed E-state index contributed by atoms with van der Waals surface area (Å²) in [5.74, 6) is 3.42. The predicted octanol–water partition coefficient (Wildman–Crippen LogP) is 5.93. The maximum absolute atomic E-state index is 6.06. The molecule has 0 bridgehead atoms. The molecule has 0 saturated carbocycles. The fraction of sp³-hybridized carbons (Fsp3) is 0.346. The Morgan fingerprint density at radius 2 is 1.88 bits per heavy atom. The highest BCUT2D eigenvalue weighted by Crippen LogP contribution is 2.35. The third-order valence-corrected chi connectivity index (χ3v) is 5.62. The first kappa shape index (κ1) is 22.6. The number of rotatable bonds is 9. The number of hydrogen-bond acceptors (Lipinski definition) is 6. The second kappa shape index (κ2) is 9.90. The molecule has 172 valence electrons. The van der Waals surface area contributed by atoms with Crippen LogP contribution in [0.4, 0.5) is 5.82 Å². The summed E-state index contributed by atoms with van der Waals surface area (Å²) in [6, 6.07) is 12.4. The van der Waals surface area contributed by atoms with Crippen molar-refractivity contribution in [1.82, 2.24) is 20.2 Å². The summed E-state index contributed by atoms with van der Waals surface area (Å²) in [7, 11) is 1.65. The lowest BCUT2D eigenvalue weighted by atomic mass is 10.0. The van der Waals surface area contributed by atoms with Crippen LogP contribution in [0.25, 0.3) is 22.0 Å². The van der Waals surface area contributed by atoms with Crippen molar-refractivity contribution in [3.63, 3.8) is 0 Å². The van der Waals surface area contributed by atoms with Crippen LogP contribution < -0.4 is 14.8 Å². The number of nitrogens with zero attached hydrogens (tertiary/aromatic N) is 3. The van der Waals surface area contributed by atoms with Crippen molar-refractivity contribution in [3.8, 4) is 22.6 Å². The lowest BCUT2D eigenvalue weighted by Gasteiger charge is -2.19. The zero-order valence-corrected chi connectivity index (χ0v) is 19.8. The van der Waals surface area contributed by atoms with Crippen LogP contribution in [0.15, 0.2) is 48.8 Å². The predicted molar refractivity (Wildman–Crippen MR) is 132 cm³/mol. The van der Waals surface area contributed by atoms with Crippen LogP contribution in [0.5, 0.6) is 11.5 Å². The molecule has 0 saturated heterocycles. The van der Waals surface area contributed by atoms with Crippen LogP contribution in [0, 0.1) is 12.8 Å². The van der Waals surface area contributed by atoms with E-state index in [4.69, 9.17) is 14.5 Å². The van der Waals surface area contributed by atoms with Gasteiger partial charge in [-0.15, -0.1) is 0 Å². The van der Waals surface area contributed by atoms with Crippen LogP contribution in [-0.2, 0) is 0 Å². The summed E-state index contributed by atoms with van der Waals surface area (Å²) in [5, 5.41) is 11.4. The molecule has 0 spiro atoms. The second-order valence-electron chi connectivity index (χ2n) is 8.65. The van der Waals surface area contributed by atoms with Crippen molar-refractivity contribution in [3.05, 3.63) is 60.2 Å². The summed E-state index contributed by atoms with van der Waals surface area (Å²) in [6.07, 6.45) is 4.69. The fourth-order valence-corrected chi connectivity index (χ4v) is 3.72. The molecule has 7 nitrogen and oxygen atoms in total. The molecular formula is C26H31N5O2. The Labute approximate surface area is 194 Å². The van der Waals surface area contributed by atoms with E-state index in [-0.39, 0.29) is 6.04 Å². The minimum Gasteiger partial charge on any atom is -0.493 e. The Balaban J connectivity index is 1.66. The number of fused-ring (bicyclic) bond motifs is 1. The molecule has 4 rings (SSSR count). The van der Waals surface area contributed by atoms with Crippen molar-refractivity contribution in [1.29, 1.82) is 0 Å². The maximum atomic E-state index is 6.06. The number of aryl methyl sites for hydroxylation is 1. The molecular weight excluding hydrogens is 414 g/mol. The lowest BCUT2D eigenvalue weighted by molar-refractivity contribution is 0.273. The third-order valence-electron chi connectivity index (χ3n) is 5.62. The zero-order chi connectivity index (χ0) is 23.4. The van der Waals surface area contributed by atoms with Gasteiger partial charge in [0.05, 0.1) is 25.4 Å². The van der Waals surface area contributed by atoms with E-state index < -0.39 is 0 Å². The van der Waals surface area contributed by atoms with Crippen molar-refractivity contribution in [2.75, 3.05) is 19.0 Å². The molecule has 0 radical (unpaired) electrons. The van der Waals surface area contributed by atoms with E-state index in [0.717, 1.165) is 39.8 Å². The van der Waals surface area contributed by atoms with E-state index in [0.29, 0.717) is 29.8 Å². The number of H-pyrrole nitrogens is 1. The number of nitrogens with one attached hydrogen (secondary N) is 2. The Morgan fingerprint density at radius 1 is 1.03 bits per heavy atom. The quantitative estimate of drug-likeness (QED) is 0.332. The first-order valence-electron chi connectivity index (χ1n) is 11.3. The van der Waals surface area contributed by atoms with Gasteiger partial charge in [0.1, 0.15) is 11.6 Å². The molecule has 2 heterocycles. The fourth-order valence-electron chi connectivity index (χ4n) is 3.72. The van der Waals surface area contributed by atoms with E-state index in [9.17, 15) is 0 Å². The molecule has 4 aromatic rings. The van der Waals surface area contributed by atoms with Gasteiger partial charge >= 0.3 is 0 Å². The Morgan fingerprint density at radius 3 is 2.61 bits per heavy atom. The molecule has 0 unspecified atom stereocenters. The van der Waals surface area contributed by atoms with Gasteiger partial charge in [0.15, 0.2) is 11.5 Å². The van der Waals surface area contributed by atoms with Gasteiger partial charge in [-0.05, 0) is 49.4 Å². The van der Waals surface area contributed by atoms with Gasteiger partial charge in [-0.25, -0.2) is 9.97 Å². The van der Waals surface area contributed by atoms with E-state index >= 15 is 0 Å². The van der Waals surface area contributed by atoms with E-state index in [1.807, 2.05) is 31.5 Å². The number of aromatic nitrogens is 4. The second-order valence-corrected chi connectivity index (χ2v) is 8.65. The van der Waals surface area contributed by atoms with Gasteiger partial charge in [-0.2, -0.15) is 5.10 Å². The average Bonchev–Trinajstić information content (AvgIpc) is 3.34. The number of hydrogen-bond donors (Lipinski definition) is 2. The molecule has 7 heteroatoms. The Bertz CT molecular complexity index is 1220. The minimum absolute atomic E-state index is 0.0294. The molecule has 0 aliphatic heterocycles. The number of anilines is 1. The van der Waals surface area contributed by atoms with E-state index in [1.165, 1.54) is 0 Å². The third kappa shape index (κ3) is 5.25. The first-order valence-corrected chi connectivity index (χ1v) is 11.3. The van der Waals surface area contributed by atoms with E-state index in [2.05, 4.69) is 65.5 Å². The van der Waals surface area contributed by atoms with Gasteiger partial charge in [0, 0.05) is 29.3 Å². The van der Waals surface area contributed by atoms with Crippen LogP contribution in [0.1, 0.15) is 44.6 Å². The summed E-state index contributed by atoms with van der Waals surface area (Å²) >= 11 is 0. The molecule has 0 aliphatic rings. The Hall–Kier alpha value is -3.61. The SMILES string of the molecule is COc1cc2nc(C)nc(N[C@H](C)c3cccc(-c4cn[nH]c4)c3)c2cc1OCCC(C)C. The zero-order valence-electron chi connectivity index (χ0n) is 19.8. The first-order chi connectivity index (χ1) is 15.9. The molecule has 1 atom stereocenters. The van der Waals surface area contributed by atoms with E-state index in [1.54, 1.807) is 7.11 Å². The van der Waals surface area contributed by atoms with Gasteiger partial charge in [-0.3, -0.25) is 5.10 Å². The number of benzene rings is 2. The maximum Gasteiger partial charge on any atom is 0.162 e. The highest BCUT2D eigenvalue weighted by molar-refractivity contribution is 5.92. The summed E-state index contributed by atoms with van der Waals surface area (Å²) in [5.41, 5.74) is 4.14. The van der Waals surface area contributed by atoms with Gasteiger partial charge < -0.3 is 14.8 Å². The largest absolute Gasteiger partial charge is 0.493 e. The smallest absolute Gasteiger partial charge is 0.162 e. The lowest BCUT2D eigenvalue weighted by Crippen LogP contribution is -2.10. The van der Waals surface area contributed by atoms with Crippen LogP contribution >= 0.6 is 0 Å². The van der Waals surface area contributed by atoms with Crippen LogP contribution in [0.3, 0.4) is 0 Å². The molecule has 0 aliphatic carbocycles. The summed E-state index contributed by atoms with van der Waals surface area (Å²) in [4.78, 5) is 9.34. The highest BCUT2D eigenvalue weighted by atomic mass is 16.5. The summed E-state index contributed by atoms with van der Waals surface area (Å²) < 4.78 is 11.6. The Kier molecular flexibility index (Phi) is 6.77. The molecule has 2 aromatic carbocycles. The molecule has 2 N–H and O–H groups in total. The van der Waals surface area contributed by atoms with Gasteiger partial charge in [0.25, 0.3) is 0 Å². The molecule has 0 amide bonds. The number of aromatic amines is 1. The number of ether oxygens (including phenoxy) is 2. The average molecular weight is 446 g/mol. The molecule has 2 aromatic heterocycles.